The van der Waals surface area contributed by atoms with Crippen LogP contribution >= 0.6 is 11.8 Å². The van der Waals surface area contributed by atoms with Crippen LogP contribution in [0.1, 0.15) is 32.8 Å². The molecular weight excluding hydrogens is 216 g/mol. The molecule has 0 aromatic heterocycles. The average Bonchev–Trinajstić information content (AvgIpc) is 2.62. The lowest BCUT2D eigenvalue weighted by atomic mass is 10.2. The molecule has 0 atom stereocenters. The zero-order chi connectivity index (χ0) is 12.0. The Morgan fingerprint density at radius 1 is 1.31 bits per heavy atom. The lowest BCUT2D eigenvalue weighted by Crippen LogP contribution is -2.28. The second-order valence-electron chi connectivity index (χ2n) is 3.87. The SMILES string of the molecule is CCC.CCSc1ccc2c(c1)N(N)CC2. The van der Waals surface area contributed by atoms with Gasteiger partial charge in [0.05, 0.1) is 5.69 Å². The first-order chi connectivity index (χ1) is 7.72. The molecule has 0 saturated carbocycles. The van der Waals surface area contributed by atoms with E-state index in [-0.39, 0.29) is 0 Å². The summed E-state index contributed by atoms with van der Waals surface area (Å²) in [5.41, 5.74) is 2.58. The highest BCUT2D eigenvalue weighted by molar-refractivity contribution is 7.99. The number of anilines is 1. The molecule has 0 fully saturated rings. The van der Waals surface area contributed by atoms with Crippen molar-refractivity contribution in [1.29, 1.82) is 0 Å². The zero-order valence-electron chi connectivity index (χ0n) is 10.5. The largest absolute Gasteiger partial charge is 0.310 e. The molecule has 0 unspecified atom stereocenters. The summed E-state index contributed by atoms with van der Waals surface area (Å²) in [6.07, 6.45) is 2.34. The highest BCUT2D eigenvalue weighted by atomic mass is 32.2. The molecule has 0 radical (unpaired) electrons. The molecule has 90 valence electrons. The number of hydrogen-bond donors (Lipinski definition) is 1. The summed E-state index contributed by atoms with van der Waals surface area (Å²) in [4.78, 5) is 1.32. The summed E-state index contributed by atoms with van der Waals surface area (Å²) >= 11 is 1.86. The Morgan fingerprint density at radius 2 is 2.00 bits per heavy atom. The fourth-order valence-electron chi connectivity index (χ4n) is 1.64. The van der Waals surface area contributed by atoms with Crippen molar-refractivity contribution in [3.05, 3.63) is 23.8 Å². The van der Waals surface area contributed by atoms with Crippen LogP contribution in [-0.4, -0.2) is 12.3 Å². The molecule has 1 aromatic rings. The van der Waals surface area contributed by atoms with Crippen LogP contribution in [0.5, 0.6) is 0 Å². The number of rotatable bonds is 2. The summed E-state index contributed by atoms with van der Waals surface area (Å²) in [5, 5.41) is 1.84. The van der Waals surface area contributed by atoms with Crippen LogP contribution in [-0.2, 0) is 6.42 Å². The summed E-state index contributed by atoms with van der Waals surface area (Å²) in [7, 11) is 0. The standard InChI is InChI=1S/C10H14N2S.C3H8/c1-2-13-9-4-3-8-5-6-12(11)10(8)7-9;1-3-2/h3-4,7H,2,5-6,11H2,1H3;3H2,1-2H3. The molecule has 3 heteroatoms. The van der Waals surface area contributed by atoms with Crippen LogP contribution in [0.25, 0.3) is 0 Å². The van der Waals surface area contributed by atoms with Crippen molar-refractivity contribution in [1.82, 2.24) is 0 Å². The minimum absolute atomic E-state index is 0.954. The van der Waals surface area contributed by atoms with Crippen LogP contribution in [0.15, 0.2) is 23.1 Å². The van der Waals surface area contributed by atoms with Gasteiger partial charge >= 0.3 is 0 Å². The van der Waals surface area contributed by atoms with Gasteiger partial charge in [-0.2, -0.15) is 0 Å². The van der Waals surface area contributed by atoms with Crippen molar-refractivity contribution >= 4 is 17.4 Å². The summed E-state index contributed by atoms with van der Waals surface area (Å²) < 4.78 is 0. The Kier molecular flexibility index (Phi) is 5.71. The fourth-order valence-corrected chi connectivity index (χ4v) is 2.33. The van der Waals surface area contributed by atoms with E-state index in [0.29, 0.717) is 0 Å². The van der Waals surface area contributed by atoms with E-state index in [4.69, 9.17) is 5.84 Å². The summed E-state index contributed by atoms with van der Waals surface area (Å²) in [6, 6.07) is 6.57. The minimum Gasteiger partial charge on any atom is -0.310 e. The smallest absolute Gasteiger partial charge is 0.0561 e. The Balaban J connectivity index is 0.000000386. The van der Waals surface area contributed by atoms with Gasteiger partial charge in [0.25, 0.3) is 0 Å². The topological polar surface area (TPSA) is 29.3 Å². The van der Waals surface area contributed by atoms with Crippen molar-refractivity contribution in [2.45, 2.75) is 38.5 Å². The van der Waals surface area contributed by atoms with Crippen molar-refractivity contribution in [2.75, 3.05) is 17.3 Å². The third-order valence-electron chi connectivity index (χ3n) is 2.30. The molecule has 1 heterocycles. The summed E-state index contributed by atoms with van der Waals surface area (Å²) in [5.74, 6) is 6.95. The van der Waals surface area contributed by atoms with Gasteiger partial charge in [-0.1, -0.05) is 33.3 Å². The third-order valence-corrected chi connectivity index (χ3v) is 3.18. The normalized spacial score (nSPS) is 13.1. The van der Waals surface area contributed by atoms with Gasteiger partial charge in [-0.3, -0.25) is 0 Å². The number of benzene rings is 1. The molecule has 2 rings (SSSR count). The van der Waals surface area contributed by atoms with E-state index in [0.717, 1.165) is 18.7 Å². The highest BCUT2D eigenvalue weighted by Crippen LogP contribution is 2.30. The predicted molar refractivity (Wildman–Crippen MR) is 74.0 cm³/mol. The second-order valence-corrected chi connectivity index (χ2v) is 5.21. The van der Waals surface area contributed by atoms with Crippen LogP contribution < -0.4 is 10.9 Å². The Morgan fingerprint density at radius 3 is 2.62 bits per heavy atom. The van der Waals surface area contributed by atoms with Gasteiger partial charge in [0, 0.05) is 11.4 Å². The second kappa shape index (κ2) is 6.81. The number of thioether (sulfide) groups is 1. The van der Waals surface area contributed by atoms with Crippen molar-refractivity contribution in [3.8, 4) is 0 Å². The zero-order valence-corrected chi connectivity index (χ0v) is 11.3. The molecule has 1 aliphatic rings. The lowest BCUT2D eigenvalue weighted by molar-refractivity contribution is 0.891. The fraction of sp³-hybridized carbons (Fsp3) is 0.538. The highest BCUT2D eigenvalue weighted by Gasteiger charge is 2.15. The molecule has 1 aromatic carbocycles. The van der Waals surface area contributed by atoms with E-state index in [2.05, 4.69) is 39.0 Å². The number of hydrazine groups is 1. The van der Waals surface area contributed by atoms with E-state index in [1.807, 2.05) is 16.8 Å². The van der Waals surface area contributed by atoms with E-state index < -0.39 is 0 Å². The van der Waals surface area contributed by atoms with Gasteiger partial charge < -0.3 is 5.01 Å². The molecular formula is C13H22N2S. The van der Waals surface area contributed by atoms with E-state index in [1.165, 1.54) is 22.6 Å². The average molecular weight is 238 g/mol. The maximum Gasteiger partial charge on any atom is 0.0561 e. The van der Waals surface area contributed by atoms with Gasteiger partial charge in [-0.05, 0) is 29.9 Å². The number of hydrogen-bond acceptors (Lipinski definition) is 3. The lowest BCUT2D eigenvalue weighted by Gasteiger charge is -2.12. The molecule has 16 heavy (non-hydrogen) atoms. The van der Waals surface area contributed by atoms with Crippen molar-refractivity contribution in [3.63, 3.8) is 0 Å². The molecule has 2 N–H and O–H groups in total. The van der Waals surface area contributed by atoms with E-state index in [9.17, 15) is 0 Å². The monoisotopic (exact) mass is 238 g/mol. The first-order valence-electron chi connectivity index (χ1n) is 6.00. The van der Waals surface area contributed by atoms with Crippen molar-refractivity contribution in [2.24, 2.45) is 5.84 Å². The molecule has 2 nitrogen and oxygen atoms in total. The Hall–Kier alpha value is -0.670. The van der Waals surface area contributed by atoms with Crippen LogP contribution in [0.2, 0.25) is 0 Å². The number of fused-ring (bicyclic) bond motifs is 1. The summed E-state index contributed by atoms with van der Waals surface area (Å²) in [6.45, 7) is 7.37. The molecule has 0 amide bonds. The van der Waals surface area contributed by atoms with E-state index in [1.54, 1.807) is 0 Å². The van der Waals surface area contributed by atoms with Gasteiger partial charge in [0.2, 0.25) is 0 Å². The van der Waals surface area contributed by atoms with Gasteiger partial charge in [0.1, 0.15) is 0 Å². The van der Waals surface area contributed by atoms with Crippen LogP contribution in [0, 0.1) is 0 Å². The third kappa shape index (κ3) is 3.42. The van der Waals surface area contributed by atoms with E-state index >= 15 is 0 Å². The first-order valence-corrected chi connectivity index (χ1v) is 6.99. The number of nitrogens with two attached hydrogens (primary N) is 1. The predicted octanol–water partition coefficient (Wildman–Crippen LogP) is 3.45. The molecule has 0 saturated heterocycles. The van der Waals surface area contributed by atoms with Crippen LogP contribution in [0.4, 0.5) is 5.69 Å². The molecule has 0 aliphatic carbocycles. The van der Waals surface area contributed by atoms with Crippen LogP contribution in [0.3, 0.4) is 0 Å². The molecule has 0 bridgehead atoms. The van der Waals surface area contributed by atoms with Gasteiger partial charge in [0.15, 0.2) is 0 Å². The first kappa shape index (κ1) is 13.4. The Labute approximate surface area is 103 Å². The minimum atomic E-state index is 0.954. The maximum atomic E-state index is 5.84. The molecule has 1 aliphatic heterocycles. The van der Waals surface area contributed by atoms with Crippen molar-refractivity contribution < 1.29 is 0 Å². The quantitative estimate of drug-likeness (QED) is 0.632. The Bertz CT molecular complexity index is 326. The van der Waals surface area contributed by atoms with Gasteiger partial charge in [-0.15, -0.1) is 11.8 Å². The number of nitrogens with zero attached hydrogens (tertiary/aromatic N) is 1. The van der Waals surface area contributed by atoms with Gasteiger partial charge in [-0.25, -0.2) is 5.84 Å². The molecule has 0 spiro atoms. The maximum absolute atomic E-state index is 5.84.